The second-order valence-electron chi connectivity index (χ2n) is 11.2. The number of hydrogen-bond acceptors (Lipinski definition) is 6. The molecule has 0 radical (unpaired) electrons. The van der Waals surface area contributed by atoms with Crippen molar-refractivity contribution in [2.24, 2.45) is 7.05 Å². The number of carbonyl (C=O) groups excluding carboxylic acids is 1. The Morgan fingerprint density at radius 1 is 1.15 bits per heavy atom. The van der Waals surface area contributed by atoms with Gasteiger partial charge in [0.1, 0.15) is 5.60 Å². The molecule has 2 unspecified atom stereocenters. The normalized spacial score (nSPS) is 19.8. The molecule has 10 heteroatoms. The molecule has 4 rings (SSSR count). The number of nitrogens with one attached hydrogen (secondary N) is 1. The number of aromatic nitrogens is 4. The van der Waals surface area contributed by atoms with Crippen LogP contribution in [0.15, 0.2) is 36.8 Å². The predicted molar refractivity (Wildman–Crippen MR) is 156 cm³/mol. The Hall–Kier alpha value is -2.68. The molecule has 39 heavy (non-hydrogen) atoms. The minimum absolute atomic E-state index is 0.0953. The quantitative estimate of drug-likeness (QED) is 0.331. The molecule has 2 atom stereocenters. The molecule has 0 saturated carbocycles. The van der Waals surface area contributed by atoms with E-state index >= 15 is 0 Å². The molecule has 1 aliphatic heterocycles. The van der Waals surface area contributed by atoms with Crippen molar-refractivity contribution in [2.45, 2.75) is 90.6 Å². The maximum absolute atomic E-state index is 13.1. The highest BCUT2D eigenvalue weighted by molar-refractivity contribution is 6.36. The van der Waals surface area contributed by atoms with E-state index in [0.29, 0.717) is 22.4 Å². The molecule has 3 aromatic rings. The maximum atomic E-state index is 13.1. The van der Waals surface area contributed by atoms with Gasteiger partial charge in [-0.15, -0.1) is 0 Å². The zero-order valence-corrected chi connectivity index (χ0v) is 25.1. The summed E-state index contributed by atoms with van der Waals surface area (Å²) in [6, 6.07) is 5.90. The molecule has 3 heterocycles. The summed E-state index contributed by atoms with van der Waals surface area (Å²) in [7, 11) is 1.87. The van der Waals surface area contributed by atoms with E-state index in [1.807, 2.05) is 51.0 Å². The second kappa shape index (κ2) is 12.2. The van der Waals surface area contributed by atoms with Crippen molar-refractivity contribution in [2.75, 3.05) is 0 Å². The molecule has 1 aliphatic rings. The second-order valence-corrected chi connectivity index (χ2v) is 12.0. The lowest BCUT2D eigenvalue weighted by atomic mass is 9.88. The topological polar surface area (TPSA) is 85.2 Å². The van der Waals surface area contributed by atoms with E-state index < -0.39 is 5.60 Å². The number of halogens is 2. The minimum atomic E-state index is -0.526. The number of amides is 1. The first-order valence-corrected chi connectivity index (χ1v) is 14.3. The van der Waals surface area contributed by atoms with Crippen molar-refractivity contribution in [1.29, 1.82) is 0 Å². The largest absolute Gasteiger partial charge is 0.444 e. The van der Waals surface area contributed by atoms with Crippen LogP contribution in [0.4, 0.5) is 4.79 Å². The van der Waals surface area contributed by atoms with Crippen LogP contribution >= 0.6 is 23.2 Å². The highest BCUT2D eigenvalue weighted by atomic mass is 35.5. The third-order valence-corrected chi connectivity index (χ3v) is 7.56. The molecule has 210 valence electrons. The van der Waals surface area contributed by atoms with Crippen LogP contribution in [0, 0.1) is 0 Å². The van der Waals surface area contributed by atoms with Gasteiger partial charge in [0.2, 0.25) is 0 Å². The van der Waals surface area contributed by atoms with Gasteiger partial charge in [0.25, 0.3) is 0 Å². The summed E-state index contributed by atoms with van der Waals surface area (Å²) >= 11 is 13.2. The Labute approximate surface area is 241 Å². The number of piperidine rings is 1. The number of hydrogen-bond donors (Lipinski definition) is 1. The summed E-state index contributed by atoms with van der Waals surface area (Å²) in [5.74, 6) is 0.535. The van der Waals surface area contributed by atoms with Gasteiger partial charge >= 0.3 is 6.09 Å². The van der Waals surface area contributed by atoms with Crippen LogP contribution in [0.1, 0.15) is 65.9 Å². The highest BCUT2D eigenvalue weighted by Gasteiger charge is 2.38. The molecule has 0 aliphatic carbocycles. The number of rotatable bonds is 7. The molecular formula is C29H38Cl2N6O2. The van der Waals surface area contributed by atoms with Crippen molar-refractivity contribution in [3.63, 3.8) is 0 Å². The lowest BCUT2D eigenvalue weighted by molar-refractivity contribution is -0.0112. The van der Waals surface area contributed by atoms with Crippen molar-refractivity contribution in [3.05, 3.63) is 52.4 Å². The van der Waals surface area contributed by atoms with Crippen LogP contribution in [0.5, 0.6) is 0 Å². The summed E-state index contributed by atoms with van der Waals surface area (Å²) in [6.07, 6.45) is 8.58. The van der Waals surface area contributed by atoms with Crippen molar-refractivity contribution in [3.8, 4) is 22.6 Å². The minimum Gasteiger partial charge on any atom is -0.444 e. The van der Waals surface area contributed by atoms with Gasteiger partial charge in [-0.25, -0.2) is 14.8 Å². The zero-order chi connectivity index (χ0) is 28.3. The summed E-state index contributed by atoms with van der Waals surface area (Å²) in [4.78, 5) is 24.4. The van der Waals surface area contributed by atoms with Gasteiger partial charge in [-0.2, -0.15) is 5.10 Å². The van der Waals surface area contributed by atoms with Gasteiger partial charge < -0.3 is 15.0 Å². The molecule has 2 aromatic heterocycles. The summed E-state index contributed by atoms with van der Waals surface area (Å²) in [5, 5.41) is 9.03. The van der Waals surface area contributed by atoms with Crippen LogP contribution in [-0.2, 0) is 18.3 Å². The smallest absolute Gasteiger partial charge is 0.410 e. The molecule has 1 N–H and O–H groups in total. The van der Waals surface area contributed by atoms with E-state index in [1.54, 1.807) is 23.1 Å². The van der Waals surface area contributed by atoms with Crippen LogP contribution in [0.3, 0.4) is 0 Å². The predicted octanol–water partition coefficient (Wildman–Crippen LogP) is 6.90. The van der Waals surface area contributed by atoms with E-state index in [4.69, 9.17) is 32.9 Å². The van der Waals surface area contributed by atoms with Gasteiger partial charge in [-0.1, -0.05) is 37.0 Å². The molecule has 0 spiro atoms. The number of ether oxygens (including phenoxy) is 1. The standard InChI is InChI=1S/C29H38Cl2N6O2/c1-7-22-13-21(14-23(8-2)37(22)28(38)39-29(3,4)5)33-15-18-11-20(30)12-24(31)26(18)27-32-10-9-25(35-27)19-16-34-36(6)17-19/h9-12,16-17,21-23,33H,7-8,13-15H2,1-6H3. The van der Waals surface area contributed by atoms with Crippen LogP contribution < -0.4 is 5.32 Å². The van der Waals surface area contributed by atoms with Crippen molar-refractivity contribution < 1.29 is 9.53 Å². The van der Waals surface area contributed by atoms with Gasteiger partial charge in [0.05, 0.1) is 16.9 Å². The Bertz CT molecular complexity index is 1290. The van der Waals surface area contributed by atoms with Crippen molar-refractivity contribution in [1.82, 2.24) is 30.0 Å². The zero-order valence-electron chi connectivity index (χ0n) is 23.5. The van der Waals surface area contributed by atoms with Crippen molar-refractivity contribution >= 4 is 29.3 Å². The van der Waals surface area contributed by atoms with E-state index in [0.717, 1.165) is 48.1 Å². The molecule has 1 aromatic carbocycles. The average Bonchev–Trinajstić information content (AvgIpc) is 3.31. The summed E-state index contributed by atoms with van der Waals surface area (Å²) in [5.41, 5.74) is 2.82. The lowest BCUT2D eigenvalue weighted by Gasteiger charge is -2.45. The summed E-state index contributed by atoms with van der Waals surface area (Å²) in [6.45, 7) is 10.5. The Kier molecular flexibility index (Phi) is 9.19. The van der Waals surface area contributed by atoms with E-state index in [1.165, 1.54) is 0 Å². The molecule has 1 amide bonds. The molecule has 1 saturated heterocycles. The monoisotopic (exact) mass is 572 g/mol. The van der Waals surface area contributed by atoms with E-state index in [-0.39, 0.29) is 24.2 Å². The first-order valence-electron chi connectivity index (χ1n) is 13.5. The number of benzene rings is 1. The maximum Gasteiger partial charge on any atom is 0.410 e. The molecule has 1 fully saturated rings. The Morgan fingerprint density at radius 2 is 1.85 bits per heavy atom. The van der Waals surface area contributed by atoms with Crippen LogP contribution in [0.2, 0.25) is 10.0 Å². The third-order valence-electron chi connectivity index (χ3n) is 7.04. The average molecular weight is 574 g/mol. The number of likely N-dealkylation sites (tertiary alicyclic amines) is 1. The first kappa shape index (κ1) is 29.3. The highest BCUT2D eigenvalue weighted by Crippen LogP contribution is 2.34. The van der Waals surface area contributed by atoms with Gasteiger partial charge in [-0.05, 0) is 70.2 Å². The van der Waals surface area contributed by atoms with Gasteiger partial charge in [0, 0.05) is 60.3 Å². The molecular weight excluding hydrogens is 535 g/mol. The fourth-order valence-electron chi connectivity index (χ4n) is 5.25. The van der Waals surface area contributed by atoms with E-state index in [2.05, 4.69) is 29.2 Å². The number of carbonyl (C=O) groups is 1. The van der Waals surface area contributed by atoms with Crippen LogP contribution in [0.25, 0.3) is 22.6 Å². The number of nitrogens with zero attached hydrogens (tertiary/aromatic N) is 5. The molecule has 8 nitrogen and oxygen atoms in total. The fourth-order valence-corrected chi connectivity index (χ4v) is 5.87. The van der Waals surface area contributed by atoms with Gasteiger partial charge in [-0.3, -0.25) is 4.68 Å². The van der Waals surface area contributed by atoms with Gasteiger partial charge in [0.15, 0.2) is 5.82 Å². The number of aryl methyl sites for hydroxylation is 1. The fraction of sp³-hybridized carbons (Fsp3) is 0.517. The third kappa shape index (κ3) is 7.10. The summed E-state index contributed by atoms with van der Waals surface area (Å²) < 4.78 is 7.50. The Morgan fingerprint density at radius 3 is 2.44 bits per heavy atom. The lowest BCUT2D eigenvalue weighted by Crippen LogP contribution is -2.56. The van der Waals surface area contributed by atoms with Crippen LogP contribution in [-0.4, -0.2) is 54.5 Å². The van der Waals surface area contributed by atoms with E-state index in [9.17, 15) is 4.79 Å². The SMILES string of the molecule is CCC1CC(NCc2cc(Cl)cc(Cl)c2-c2nccc(-c3cnn(C)c3)n2)CC(CC)N1C(=O)OC(C)(C)C. The first-order chi connectivity index (χ1) is 18.5. The molecule has 0 bridgehead atoms. The Balaban J connectivity index is 1.56.